The van der Waals surface area contributed by atoms with E-state index in [4.69, 9.17) is 44.3 Å². The van der Waals surface area contributed by atoms with E-state index >= 15 is 0 Å². The zero-order chi connectivity index (χ0) is 31.8. The summed E-state index contributed by atoms with van der Waals surface area (Å²) in [4.78, 5) is 16.7. The van der Waals surface area contributed by atoms with E-state index in [1.165, 1.54) is 24.3 Å². The van der Waals surface area contributed by atoms with Crippen LogP contribution >= 0.6 is 50.7 Å². The lowest BCUT2D eigenvalue weighted by Gasteiger charge is -2.16. The molecule has 0 N–H and O–H groups in total. The number of benzene rings is 3. The Morgan fingerprint density at radius 1 is 0.886 bits per heavy atom. The van der Waals surface area contributed by atoms with Gasteiger partial charge in [0.25, 0.3) is 0 Å². The number of esters is 1. The zero-order valence-corrected chi connectivity index (χ0v) is 27.4. The van der Waals surface area contributed by atoms with Crippen molar-refractivity contribution in [2.45, 2.75) is 25.8 Å². The molecule has 0 fully saturated rings. The van der Waals surface area contributed by atoms with E-state index in [0.717, 1.165) is 22.5 Å². The molecule has 0 unspecified atom stereocenters. The molecule has 0 spiro atoms. The number of hydrogen-bond donors (Lipinski definition) is 0. The number of carbonyl (C=O) groups is 1. The summed E-state index contributed by atoms with van der Waals surface area (Å²) in [5.41, 5.74) is 4.36. The second-order valence-corrected chi connectivity index (χ2v) is 11.2. The normalized spacial score (nSPS) is 10.6. The van der Waals surface area contributed by atoms with Gasteiger partial charge in [0.15, 0.2) is 0 Å². The molecule has 0 amide bonds. The molecule has 11 heteroatoms. The van der Waals surface area contributed by atoms with E-state index in [1.54, 1.807) is 55.6 Å². The lowest BCUT2D eigenvalue weighted by Crippen LogP contribution is -2.08. The highest BCUT2D eigenvalue weighted by Crippen LogP contribution is 2.36. The maximum absolute atomic E-state index is 13.4. The molecule has 0 aliphatic rings. The van der Waals surface area contributed by atoms with Crippen molar-refractivity contribution >= 4 is 56.7 Å². The van der Waals surface area contributed by atoms with Crippen LogP contribution in [-0.2, 0) is 16.7 Å². The third-order valence-electron chi connectivity index (χ3n) is 6.34. The van der Waals surface area contributed by atoms with Crippen LogP contribution in [0.25, 0.3) is 17.1 Å². The van der Waals surface area contributed by atoms with Gasteiger partial charge in [-0.15, -0.1) is 0 Å². The lowest BCUT2D eigenvalue weighted by atomic mass is 10.1. The maximum Gasteiger partial charge on any atom is 0.338 e. The van der Waals surface area contributed by atoms with E-state index in [1.807, 2.05) is 23.6 Å². The van der Waals surface area contributed by atoms with Gasteiger partial charge in [0.2, 0.25) is 0 Å². The minimum absolute atomic E-state index is 0.143. The van der Waals surface area contributed by atoms with Crippen molar-refractivity contribution in [1.29, 1.82) is 0 Å². The molecule has 5 nitrogen and oxygen atoms in total. The zero-order valence-electron chi connectivity index (χ0n) is 23.6. The first-order valence-corrected chi connectivity index (χ1v) is 15.5. The van der Waals surface area contributed by atoms with Gasteiger partial charge in [0, 0.05) is 38.4 Å². The molecular formula is C33H26BrCl3F2N2O3. The fourth-order valence-corrected chi connectivity index (χ4v) is 5.47. The van der Waals surface area contributed by atoms with Gasteiger partial charge in [0.05, 0.1) is 22.9 Å². The van der Waals surface area contributed by atoms with Crippen LogP contribution in [0.1, 0.15) is 34.1 Å². The first-order valence-electron chi connectivity index (χ1n) is 13.3. The molecular weight excluding hydrogens is 697 g/mol. The van der Waals surface area contributed by atoms with E-state index < -0.39 is 11.8 Å². The molecule has 0 saturated carbocycles. The molecule has 2 heterocycles. The van der Waals surface area contributed by atoms with Gasteiger partial charge in [0.1, 0.15) is 29.8 Å². The number of rotatable bonds is 8. The number of aryl methyl sites for hydroxylation is 1. The number of pyridine rings is 1. The van der Waals surface area contributed by atoms with Gasteiger partial charge in [-0.25, -0.2) is 18.6 Å². The van der Waals surface area contributed by atoms with Crippen LogP contribution in [0.3, 0.4) is 0 Å². The molecule has 5 rings (SSSR count). The fourth-order valence-electron chi connectivity index (χ4n) is 4.19. The first-order chi connectivity index (χ1) is 21.1. The highest BCUT2D eigenvalue weighted by molar-refractivity contribution is 9.08. The average molecular weight is 723 g/mol. The van der Waals surface area contributed by atoms with Crippen molar-refractivity contribution in [3.63, 3.8) is 0 Å². The van der Waals surface area contributed by atoms with Gasteiger partial charge in [-0.3, -0.25) is 4.57 Å². The molecule has 228 valence electrons. The Morgan fingerprint density at radius 2 is 1.57 bits per heavy atom. The van der Waals surface area contributed by atoms with Crippen LogP contribution in [0.15, 0.2) is 85.1 Å². The fraction of sp³-hybridized carbons (Fsp3) is 0.152. The van der Waals surface area contributed by atoms with Crippen LogP contribution in [-0.4, -0.2) is 22.1 Å². The second kappa shape index (κ2) is 15.5. The number of hydrogen-bond acceptors (Lipinski definition) is 4. The van der Waals surface area contributed by atoms with Crippen LogP contribution in [0, 0.1) is 18.6 Å². The topological polar surface area (TPSA) is 53.3 Å². The van der Waals surface area contributed by atoms with Gasteiger partial charge in [-0.2, -0.15) is 0 Å². The number of aromatic nitrogens is 2. The first kappa shape index (κ1) is 33.5. The van der Waals surface area contributed by atoms with Crippen molar-refractivity contribution < 1.29 is 23.0 Å². The second-order valence-electron chi connectivity index (χ2n) is 9.35. The number of nitrogens with zero attached hydrogens (tertiary/aromatic N) is 2. The maximum atomic E-state index is 13.4. The number of carbonyl (C=O) groups excluding carboxylic acids is 1. The highest BCUT2D eigenvalue weighted by Gasteiger charge is 2.17. The summed E-state index contributed by atoms with van der Waals surface area (Å²) in [6.07, 6.45) is 1.57. The smallest absolute Gasteiger partial charge is 0.338 e. The predicted octanol–water partition coefficient (Wildman–Crippen LogP) is 10.4. The van der Waals surface area contributed by atoms with E-state index in [0.29, 0.717) is 38.1 Å². The largest absolute Gasteiger partial charge is 0.488 e. The van der Waals surface area contributed by atoms with E-state index in [2.05, 4.69) is 20.9 Å². The molecule has 2 aromatic heterocycles. The third kappa shape index (κ3) is 8.39. The number of ether oxygens (including phenoxy) is 2. The van der Waals surface area contributed by atoms with Crippen LogP contribution in [0.2, 0.25) is 15.1 Å². The molecule has 3 aromatic carbocycles. The van der Waals surface area contributed by atoms with Gasteiger partial charge < -0.3 is 9.47 Å². The minimum atomic E-state index is -0.416. The summed E-state index contributed by atoms with van der Waals surface area (Å²) in [7, 11) is 0. The van der Waals surface area contributed by atoms with Crippen molar-refractivity contribution in [3.8, 4) is 22.8 Å². The molecule has 0 bridgehead atoms. The molecule has 0 saturated heterocycles. The molecule has 0 aliphatic heterocycles. The van der Waals surface area contributed by atoms with Crippen molar-refractivity contribution in [2.24, 2.45) is 0 Å². The predicted molar refractivity (Wildman–Crippen MR) is 174 cm³/mol. The summed E-state index contributed by atoms with van der Waals surface area (Å²) < 4.78 is 38.9. The highest BCUT2D eigenvalue weighted by atomic mass is 79.9. The molecule has 5 aromatic rings. The number of halogens is 6. The van der Waals surface area contributed by atoms with Gasteiger partial charge in [-0.1, -0.05) is 62.9 Å². The van der Waals surface area contributed by atoms with E-state index in [-0.39, 0.29) is 24.1 Å². The lowest BCUT2D eigenvalue weighted by molar-refractivity contribution is 0.0526. The standard InChI is InChI=1S/C26H21Cl2FN2O3.C7H5BrClF/c1-3-33-26(32)17-10-11-30-25(12-17)31-16(2)4-8-23(31)21-13-19(27)6-9-24(21)34-15-18-5-7-20(29)14-22(18)28;8-4-5-1-2-6(10)3-7(5)9/h4-14H,3,15H2,1-2H3;1-3H,4H2. The van der Waals surface area contributed by atoms with Crippen LogP contribution < -0.4 is 4.74 Å². The molecule has 0 radical (unpaired) electrons. The summed E-state index contributed by atoms with van der Waals surface area (Å²) in [5, 5.41) is 1.94. The van der Waals surface area contributed by atoms with Crippen LogP contribution in [0.4, 0.5) is 8.78 Å². The van der Waals surface area contributed by atoms with Crippen molar-refractivity contribution in [2.75, 3.05) is 6.61 Å². The SMILES string of the molecule is CCOC(=O)c1ccnc(-n2c(C)ccc2-c2cc(Cl)ccc2OCc2ccc(F)cc2Cl)c1.Fc1ccc(CBr)c(Cl)c1. The molecule has 0 aliphatic carbocycles. The summed E-state index contributed by atoms with van der Waals surface area (Å²) >= 11 is 21.4. The summed E-state index contributed by atoms with van der Waals surface area (Å²) in [5.74, 6) is -0.0109. The molecule has 44 heavy (non-hydrogen) atoms. The van der Waals surface area contributed by atoms with Crippen molar-refractivity contribution in [3.05, 3.63) is 134 Å². The van der Waals surface area contributed by atoms with Gasteiger partial charge in [-0.05, 0) is 86.1 Å². The Balaban J connectivity index is 0.000000375. The number of alkyl halides is 1. The molecule has 0 atom stereocenters. The third-order valence-corrected chi connectivity index (χ3v) is 7.88. The summed E-state index contributed by atoms with van der Waals surface area (Å²) in [6, 6.07) is 21.0. The Morgan fingerprint density at radius 3 is 2.20 bits per heavy atom. The minimum Gasteiger partial charge on any atom is -0.488 e. The van der Waals surface area contributed by atoms with E-state index in [9.17, 15) is 13.6 Å². The monoisotopic (exact) mass is 720 g/mol. The average Bonchev–Trinajstić information content (AvgIpc) is 3.39. The quantitative estimate of drug-likeness (QED) is 0.118. The van der Waals surface area contributed by atoms with Gasteiger partial charge >= 0.3 is 5.97 Å². The Kier molecular flexibility index (Phi) is 11.8. The van der Waals surface area contributed by atoms with Crippen LogP contribution in [0.5, 0.6) is 5.75 Å². The van der Waals surface area contributed by atoms with Crippen molar-refractivity contribution in [1.82, 2.24) is 9.55 Å². The Bertz CT molecular complexity index is 1780. The Labute approximate surface area is 277 Å². The Hall–Kier alpha value is -3.43. The summed E-state index contributed by atoms with van der Waals surface area (Å²) in [6.45, 7) is 4.12.